The van der Waals surface area contributed by atoms with E-state index in [-0.39, 0.29) is 11.7 Å². The Bertz CT molecular complexity index is 476. The van der Waals surface area contributed by atoms with Gasteiger partial charge in [-0.15, -0.1) is 0 Å². The van der Waals surface area contributed by atoms with E-state index in [2.05, 4.69) is 5.32 Å². The van der Waals surface area contributed by atoms with Gasteiger partial charge in [0.1, 0.15) is 5.54 Å². The number of benzene rings is 1. The molecular formula is C14H18N2O3. The topological polar surface area (TPSA) is 81.4 Å². The molecule has 0 radical (unpaired) electrons. The Morgan fingerprint density at radius 1 is 1.21 bits per heavy atom. The van der Waals surface area contributed by atoms with E-state index in [1.807, 2.05) is 0 Å². The van der Waals surface area contributed by atoms with Crippen LogP contribution < -0.4 is 11.1 Å². The van der Waals surface area contributed by atoms with E-state index in [1.165, 1.54) is 6.92 Å². The molecule has 0 aromatic heterocycles. The monoisotopic (exact) mass is 262 g/mol. The van der Waals surface area contributed by atoms with Crippen molar-refractivity contribution in [3.63, 3.8) is 0 Å². The molecule has 0 aliphatic carbocycles. The van der Waals surface area contributed by atoms with E-state index in [1.54, 1.807) is 24.3 Å². The van der Waals surface area contributed by atoms with Crippen LogP contribution in [0.4, 0.5) is 5.69 Å². The van der Waals surface area contributed by atoms with Gasteiger partial charge in [-0.05, 0) is 44.0 Å². The van der Waals surface area contributed by atoms with Crippen molar-refractivity contribution in [3.05, 3.63) is 29.8 Å². The molecule has 1 saturated heterocycles. The van der Waals surface area contributed by atoms with Gasteiger partial charge in [0, 0.05) is 24.5 Å². The molecule has 1 aliphatic heterocycles. The van der Waals surface area contributed by atoms with Crippen molar-refractivity contribution < 1.29 is 14.3 Å². The average Bonchev–Trinajstić information content (AvgIpc) is 2.40. The van der Waals surface area contributed by atoms with Gasteiger partial charge in [-0.2, -0.15) is 0 Å². The van der Waals surface area contributed by atoms with Crippen molar-refractivity contribution >= 4 is 17.4 Å². The molecule has 3 N–H and O–H groups in total. The Labute approximate surface area is 112 Å². The summed E-state index contributed by atoms with van der Waals surface area (Å²) in [6, 6.07) is 6.78. The Morgan fingerprint density at radius 2 is 1.79 bits per heavy atom. The van der Waals surface area contributed by atoms with Gasteiger partial charge in [-0.25, -0.2) is 0 Å². The zero-order valence-corrected chi connectivity index (χ0v) is 10.9. The molecule has 1 heterocycles. The Balaban J connectivity index is 2.04. The maximum absolute atomic E-state index is 12.1. The van der Waals surface area contributed by atoms with Gasteiger partial charge in [0.2, 0.25) is 5.91 Å². The van der Waals surface area contributed by atoms with Gasteiger partial charge >= 0.3 is 0 Å². The number of hydrogen-bond acceptors (Lipinski definition) is 4. The number of rotatable bonds is 3. The molecule has 5 nitrogen and oxygen atoms in total. The summed E-state index contributed by atoms with van der Waals surface area (Å²) in [6.45, 7) is 2.52. The van der Waals surface area contributed by atoms with Gasteiger partial charge in [0.15, 0.2) is 5.78 Å². The van der Waals surface area contributed by atoms with Crippen LogP contribution in [0.25, 0.3) is 0 Å². The Kier molecular flexibility index (Phi) is 3.97. The highest BCUT2D eigenvalue weighted by Gasteiger charge is 2.35. The molecule has 19 heavy (non-hydrogen) atoms. The number of ketones is 1. The van der Waals surface area contributed by atoms with E-state index in [0.29, 0.717) is 37.3 Å². The minimum Gasteiger partial charge on any atom is -0.381 e. The highest BCUT2D eigenvalue weighted by molar-refractivity contribution is 5.99. The number of amides is 1. The third-order valence-electron chi connectivity index (χ3n) is 3.39. The zero-order valence-electron chi connectivity index (χ0n) is 10.9. The lowest BCUT2D eigenvalue weighted by atomic mass is 9.90. The van der Waals surface area contributed by atoms with Crippen LogP contribution in [0.3, 0.4) is 0 Å². The molecule has 1 aromatic carbocycles. The van der Waals surface area contributed by atoms with Crippen LogP contribution >= 0.6 is 0 Å². The number of anilines is 1. The number of nitrogens with one attached hydrogen (secondary N) is 1. The SMILES string of the molecule is CC(=O)c1ccc(NC(=O)C2(N)CCOCC2)cc1. The third kappa shape index (κ3) is 3.19. The summed E-state index contributed by atoms with van der Waals surface area (Å²) in [5.41, 5.74) is 6.48. The molecule has 1 aliphatic rings. The highest BCUT2D eigenvalue weighted by Crippen LogP contribution is 2.20. The second kappa shape index (κ2) is 5.50. The van der Waals surface area contributed by atoms with E-state index >= 15 is 0 Å². The molecule has 0 bridgehead atoms. The Morgan fingerprint density at radius 3 is 2.32 bits per heavy atom. The predicted molar refractivity (Wildman–Crippen MR) is 72.0 cm³/mol. The smallest absolute Gasteiger partial charge is 0.244 e. The van der Waals surface area contributed by atoms with Crippen LogP contribution in [0.2, 0.25) is 0 Å². The van der Waals surface area contributed by atoms with Crippen LogP contribution in [-0.4, -0.2) is 30.4 Å². The van der Waals surface area contributed by atoms with Crippen LogP contribution in [0.15, 0.2) is 24.3 Å². The first kappa shape index (κ1) is 13.7. The second-order valence-electron chi connectivity index (χ2n) is 4.86. The van der Waals surface area contributed by atoms with Gasteiger partial charge in [0.25, 0.3) is 0 Å². The summed E-state index contributed by atoms with van der Waals surface area (Å²) in [5, 5.41) is 2.79. The fourth-order valence-corrected chi connectivity index (χ4v) is 2.01. The van der Waals surface area contributed by atoms with E-state index in [0.717, 1.165) is 0 Å². The van der Waals surface area contributed by atoms with Crippen molar-refractivity contribution in [2.45, 2.75) is 25.3 Å². The molecular weight excluding hydrogens is 244 g/mol. The number of Topliss-reactive ketones (excluding diaryl/α,β-unsaturated/α-hetero) is 1. The summed E-state index contributed by atoms with van der Waals surface area (Å²) in [5.74, 6) is -0.205. The van der Waals surface area contributed by atoms with Crippen LogP contribution in [-0.2, 0) is 9.53 Å². The number of ether oxygens (including phenoxy) is 1. The number of carbonyl (C=O) groups excluding carboxylic acids is 2. The standard InChI is InChI=1S/C14H18N2O3/c1-10(17)11-2-4-12(5-3-11)16-13(18)14(15)6-8-19-9-7-14/h2-5H,6-9,15H2,1H3,(H,16,18). The molecule has 0 atom stereocenters. The second-order valence-corrected chi connectivity index (χ2v) is 4.86. The summed E-state index contributed by atoms with van der Waals surface area (Å²) < 4.78 is 5.21. The summed E-state index contributed by atoms with van der Waals surface area (Å²) in [4.78, 5) is 23.3. The first-order chi connectivity index (χ1) is 9.01. The summed E-state index contributed by atoms with van der Waals surface area (Å²) in [7, 11) is 0. The summed E-state index contributed by atoms with van der Waals surface area (Å²) >= 11 is 0. The third-order valence-corrected chi connectivity index (χ3v) is 3.39. The lowest BCUT2D eigenvalue weighted by Gasteiger charge is -2.31. The molecule has 2 rings (SSSR count). The van der Waals surface area contributed by atoms with Crippen molar-refractivity contribution in [1.82, 2.24) is 0 Å². The van der Waals surface area contributed by atoms with Crippen LogP contribution in [0.5, 0.6) is 0 Å². The van der Waals surface area contributed by atoms with Crippen molar-refractivity contribution in [3.8, 4) is 0 Å². The number of carbonyl (C=O) groups is 2. The minimum absolute atomic E-state index is 0.00222. The number of nitrogens with two attached hydrogens (primary N) is 1. The van der Waals surface area contributed by atoms with E-state index in [9.17, 15) is 9.59 Å². The predicted octanol–water partition coefficient (Wildman–Crippen LogP) is 1.34. The maximum Gasteiger partial charge on any atom is 0.244 e. The maximum atomic E-state index is 12.1. The molecule has 0 unspecified atom stereocenters. The molecule has 0 spiro atoms. The van der Waals surface area contributed by atoms with Gasteiger partial charge in [-0.1, -0.05) is 0 Å². The summed E-state index contributed by atoms with van der Waals surface area (Å²) in [6.07, 6.45) is 1.04. The molecule has 5 heteroatoms. The van der Waals surface area contributed by atoms with E-state index < -0.39 is 5.54 Å². The minimum atomic E-state index is -0.864. The number of hydrogen-bond donors (Lipinski definition) is 2. The average molecular weight is 262 g/mol. The fourth-order valence-electron chi connectivity index (χ4n) is 2.01. The molecule has 1 aromatic rings. The van der Waals surface area contributed by atoms with Gasteiger partial charge in [-0.3, -0.25) is 9.59 Å². The molecule has 1 amide bonds. The van der Waals surface area contributed by atoms with Crippen molar-refractivity contribution in [1.29, 1.82) is 0 Å². The van der Waals surface area contributed by atoms with Crippen molar-refractivity contribution in [2.24, 2.45) is 5.73 Å². The quantitative estimate of drug-likeness (QED) is 0.805. The lowest BCUT2D eigenvalue weighted by molar-refractivity contribution is -0.124. The van der Waals surface area contributed by atoms with Crippen molar-refractivity contribution in [2.75, 3.05) is 18.5 Å². The lowest BCUT2D eigenvalue weighted by Crippen LogP contribution is -2.54. The van der Waals surface area contributed by atoms with Crippen LogP contribution in [0, 0.1) is 0 Å². The molecule has 0 saturated carbocycles. The van der Waals surface area contributed by atoms with Gasteiger partial charge < -0.3 is 15.8 Å². The molecule has 1 fully saturated rings. The fraction of sp³-hybridized carbons (Fsp3) is 0.429. The first-order valence-electron chi connectivity index (χ1n) is 6.30. The molecule has 102 valence electrons. The van der Waals surface area contributed by atoms with Gasteiger partial charge in [0.05, 0.1) is 0 Å². The first-order valence-corrected chi connectivity index (χ1v) is 6.30. The zero-order chi connectivity index (χ0) is 13.9. The van der Waals surface area contributed by atoms with Crippen LogP contribution in [0.1, 0.15) is 30.1 Å². The van der Waals surface area contributed by atoms with E-state index in [4.69, 9.17) is 10.5 Å². The Hall–Kier alpha value is -1.72. The normalized spacial score (nSPS) is 17.8. The largest absolute Gasteiger partial charge is 0.381 e. The highest BCUT2D eigenvalue weighted by atomic mass is 16.5.